The van der Waals surface area contributed by atoms with Crippen LogP contribution in [0, 0.1) is 10.1 Å². The van der Waals surface area contributed by atoms with Crippen LogP contribution in [0.25, 0.3) is 0 Å². The van der Waals surface area contributed by atoms with Gasteiger partial charge in [-0.1, -0.05) is 30.3 Å². The van der Waals surface area contributed by atoms with E-state index in [1.165, 1.54) is 6.07 Å². The van der Waals surface area contributed by atoms with Crippen molar-refractivity contribution >= 4 is 17.3 Å². The van der Waals surface area contributed by atoms with Gasteiger partial charge < -0.3 is 15.5 Å². The smallest absolute Gasteiger partial charge is 0.293 e. The first-order valence-corrected chi connectivity index (χ1v) is 8.71. The minimum absolute atomic E-state index is 0.0836. The molecule has 1 aliphatic rings. The number of nitrogens with one attached hydrogen (secondary N) is 2. The number of nitro benzene ring substituents is 1. The molecular weight excluding hydrogens is 332 g/mol. The fraction of sp³-hybridized carbons (Fsp3) is 0.316. The van der Waals surface area contributed by atoms with Gasteiger partial charge in [0, 0.05) is 37.8 Å². The minimum Gasteiger partial charge on any atom is -0.375 e. The zero-order chi connectivity index (χ0) is 18.4. The van der Waals surface area contributed by atoms with Crippen molar-refractivity contribution < 1.29 is 9.72 Å². The monoisotopic (exact) mass is 354 g/mol. The summed E-state index contributed by atoms with van der Waals surface area (Å²) in [4.78, 5) is 25.4. The highest BCUT2D eigenvalue weighted by atomic mass is 16.6. The van der Waals surface area contributed by atoms with Crippen molar-refractivity contribution in [1.29, 1.82) is 0 Å². The molecule has 0 aliphatic carbocycles. The summed E-state index contributed by atoms with van der Waals surface area (Å²) >= 11 is 0. The number of nitro groups is 1. The second-order valence-corrected chi connectivity index (χ2v) is 6.22. The molecule has 1 heterocycles. The fourth-order valence-electron chi connectivity index (χ4n) is 2.99. The van der Waals surface area contributed by atoms with E-state index < -0.39 is 4.92 Å². The van der Waals surface area contributed by atoms with Gasteiger partial charge in [-0.25, -0.2) is 0 Å². The van der Waals surface area contributed by atoms with Crippen molar-refractivity contribution in [2.24, 2.45) is 0 Å². The van der Waals surface area contributed by atoms with E-state index in [9.17, 15) is 14.9 Å². The lowest BCUT2D eigenvalue weighted by Gasteiger charge is -2.20. The molecule has 0 radical (unpaired) electrons. The summed E-state index contributed by atoms with van der Waals surface area (Å²) < 4.78 is 0. The molecule has 1 fully saturated rings. The van der Waals surface area contributed by atoms with Crippen LogP contribution in [0.5, 0.6) is 0 Å². The van der Waals surface area contributed by atoms with Gasteiger partial charge in [0.05, 0.1) is 4.92 Å². The van der Waals surface area contributed by atoms with Crippen molar-refractivity contribution in [2.75, 3.05) is 31.5 Å². The van der Waals surface area contributed by atoms with Crippen LogP contribution in [0.4, 0.5) is 11.4 Å². The predicted octanol–water partition coefficient (Wildman–Crippen LogP) is 2.64. The number of carbonyl (C=O) groups excluding carboxylic acids is 1. The van der Waals surface area contributed by atoms with Gasteiger partial charge in [-0.3, -0.25) is 14.9 Å². The van der Waals surface area contributed by atoms with Gasteiger partial charge in [-0.15, -0.1) is 0 Å². The van der Waals surface area contributed by atoms with Crippen LogP contribution in [0.15, 0.2) is 48.5 Å². The highest BCUT2D eigenvalue weighted by Gasteiger charge is 2.21. The molecular formula is C19H22N4O3. The molecule has 7 nitrogen and oxygen atoms in total. The summed E-state index contributed by atoms with van der Waals surface area (Å²) in [7, 11) is 0. The molecule has 2 aromatic rings. The Morgan fingerprint density at radius 3 is 2.73 bits per heavy atom. The second-order valence-electron chi connectivity index (χ2n) is 6.22. The van der Waals surface area contributed by atoms with E-state index in [4.69, 9.17) is 0 Å². The van der Waals surface area contributed by atoms with Gasteiger partial charge in [-0.05, 0) is 30.7 Å². The molecule has 2 N–H and O–H groups in total. The largest absolute Gasteiger partial charge is 0.375 e. The van der Waals surface area contributed by atoms with Gasteiger partial charge in [0.2, 0.25) is 0 Å². The third-order valence-electron chi connectivity index (χ3n) is 4.39. The van der Waals surface area contributed by atoms with E-state index in [-0.39, 0.29) is 11.6 Å². The molecule has 0 atom stereocenters. The molecule has 136 valence electrons. The number of hydrogen-bond donors (Lipinski definition) is 2. The normalized spacial score (nSPS) is 14.5. The summed E-state index contributed by atoms with van der Waals surface area (Å²) in [6.07, 6.45) is 0.880. The van der Waals surface area contributed by atoms with Crippen molar-refractivity contribution in [1.82, 2.24) is 10.2 Å². The zero-order valence-electron chi connectivity index (χ0n) is 14.5. The SMILES string of the molecule is O=C(c1ccc(NCc2ccccc2)c([N+](=O)[O-])c1)N1CCCNCC1. The molecule has 26 heavy (non-hydrogen) atoms. The average Bonchev–Trinajstić information content (AvgIpc) is 2.96. The lowest BCUT2D eigenvalue weighted by atomic mass is 10.1. The molecule has 0 saturated carbocycles. The number of hydrogen-bond acceptors (Lipinski definition) is 5. The van der Waals surface area contributed by atoms with Gasteiger partial charge in [0.25, 0.3) is 11.6 Å². The number of rotatable bonds is 5. The van der Waals surface area contributed by atoms with Crippen LogP contribution >= 0.6 is 0 Å². The van der Waals surface area contributed by atoms with Gasteiger partial charge >= 0.3 is 0 Å². The molecule has 1 aliphatic heterocycles. The Hall–Kier alpha value is -2.93. The standard InChI is InChI=1S/C19H22N4O3/c24-19(22-11-4-9-20-10-12-22)16-7-8-17(18(13-16)23(25)26)21-14-15-5-2-1-3-6-15/h1-3,5-8,13,20-21H,4,9-12,14H2. The van der Waals surface area contributed by atoms with E-state index >= 15 is 0 Å². The molecule has 1 saturated heterocycles. The lowest BCUT2D eigenvalue weighted by Crippen LogP contribution is -2.34. The maximum Gasteiger partial charge on any atom is 0.293 e. The Balaban J connectivity index is 1.77. The van der Waals surface area contributed by atoms with Crippen LogP contribution in [0.1, 0.15) is 22.3 Å². The Bertz CT molecular complexity index is 772. The Kier molecular flexibility index (Phi) is 5.80. The highest BCUT2D eigenvalue weighted by Crippen LogP contribution is 2.27. The van der Waals surface area contributed by atoms with Gasteiger partial charge in [0.15, 0.2) is 0 Å². The van der Waals surface area contributed by atoms with Crippen LogP contribution in [0.3, 0.4) is 0 Å². The van der Waals surface area contributed by atoms with Gasteiger partial charge in [0.1, 0.15) is 5.69 Å². The molecule has 0 aromatic heterocycles. The van der Waals surface area contributed by atoms with Crippen molar-refractivity contribution in [3.63, 3.8) is 0 Å². The van der Waals surface area contributed by atoms with Crippen LogP contribution < -0.4 is 10.6 Å². The van der Waals surface area contributed by atoms with Crippen molar-refractivity contribution in [2.45, 2.75) is 13.0 Å². The third-order valence-corrected chi connectivity index (χ3v) is 4.39. The van der Waals surface area contributed by atoms with Crippen LogP contribution in [-0.4, -0.2) is 41.9 Å². The van der Waals surface area contributed by atoms with E-state index in [2.05, 4.69) is 10.6 Å². The number of benzene rings is 2. The van der Waals surface area contributed by atoms with E-state index in [1.54, 1.807) is 17.0 Å². The summed E-state index contributed by atoms with van der Waals surface area (Å²) in [5.41, 5.74) is 1.70. The summed E-state index contributed by atoms with van der Waals surface area (Å²) in [6.45, 7) is 3.37. The summed E-state index contributed by atoms with van der Waals surface area (Å²) in [5.74, 6) is -0.161. The number of anilines is 1. The number of carbonyl (C=O) groups is 1. The highest BCUT2D eigenvalue weighted by molar-refractivity contribution is 5.95. The molecule has 0 unspecified atom stereocenters. The molecule has 7 heteroatoms. The number of nitrogens with zero attached hydrogens (tertiary/aromatic N) is 2. The number of amides is 1. The van der Waals surface area contributed by atoms with Crippen LogP contribution in [0.2, 0.25) is 0 Å². The van der Waals surface area contributed by atoms with E-state index in [0.717, 1.165) is 25.1 Å². The first-order chi connectivity index (χ1) is 12.6. The second kappa shape index (κ2) is 8.44. The van der Waals surface area contributed by atoms with Crippen molar-refractivity contribution in [3.8, 4) is 0 Å². The van der Waals surface area contributed by atoms with Crippen LogP contribution in [-0.2, 0) is 6.54 Å². The maximum atomic E-state index is 12.7. The Morgan fingerprint density at radius 1 is 1.15 bits per heavy atom. The summed E-state index contributed by atoms with van der Waals surface area (Å²) in [5, 5.41) is 17.8. The molecule has 1 amide bonds. The zero-order valence-corrected chi connectivity index (χ0v) is 14.5. The van der Waals surface area contributed by atoms with Crippen molar-refractivity contribution in [3.05, 3.63) is 69.8 Å². The first-order valence-electron chi connectivity index (χ1n) is 8.71. The summed E-state index contributed by atoms with van der Waals surface area (Å²) in [6, 6.07) is 14.3. The van der Waals surface area contributed by atoms with Gasteiger partial charge in [-0.2, -0.15) is 0 Å². The predicted molar refractivity (Wildman–Crippen MR) is 100 cm³/mol. The quantitative estimate of drug-likeness (QED) is 0.637. The molecule has 0 bridgehead atoms. The molecule has 3 rings (SSSR count). The lowest BCUT2D eigenvalue weighted by molar-refractivity contribution is -0.384. The average molecular weight is 354 g/mol. The fourth-order valence-corrected chi connectivity index (χ4v) is 2.99. The molecule has 2 aromatic carbocycles. The topological polar surface area (TPSA) is 87.5 Å². The first kappa shape index (κ1) is 17.9. The minimum atomic E-state index is -0.450. The Labute approximate surface area is 152 Å². The third kappa shape index (κ3) is 4.37. The van der Waals surface area contributed by atoms with E-state index in [1.807, 2.05) is 30.3 Å². The maximum absolute atomic E-state index is 12.7. The van der Waals surface area contributed by atoms with E-state index in [0.29, 0.717) is 30.9 Å². The molecule has 0 spiro atoms. The Morgan fingerprint density at radius 2 is 1.96 bits per heavy atom.